The number of carbonyl (C=O) groups is 9. The lowest BCUT2D eigenvalue weighted by molar-refractivity contribution is -0.144. The molecule has 0 bridgehead atoms. The molecule has 0 saturated carbocycles. The molecule has 6 rings (SSSR count). The van der Waals surface area contributed by atoms with Crippen LogP contribution in [0.2, 0.25) is 0 Å². The van der Waals surface area contributed by atoms with Gasteiger partial charge in [0.1, 0.15) is 0 Å². The van der Waals surface area contributed by atoms with E-state index in [1.165, 1.54) is 0 Å². The fourth-order valence-electron chi connectivity index (χ4n) is 14.4. The number of hydrogen-bond donors (Lipinski definition) is 0. The highest BCUT2D eigenvalue weighted by molar-refractivity contribution is 7.96. The largest absolute Gasteiger partial charge is 0.466 e. The van der Waals surface area contributed by atoms with Crippen LogP contribution >= 0.6 is 21.4 Å². The predicted molar refractivity (Wildman–Crippen MR) is 413 cm³/mol. The molecule has 6 aromatic carbocycles. The number of carbonyl (C=O) groups excluding carboxylic acids is 9. The maximum absolute atomic E-state index is 15.1. The van der Waals surface area contributed by atoms with E-state index < -0.39 is 116 Å². The second kappa shape index (κ2) is 37.7. The summed E-state index contributed by atoms with van der Waals surface area (Å²) in [7, 11) is -13.4. The molecular formula is C84H107O18P3. The van der Waals surface area contributed by atoms with Gasteiger partial charge in [0.15, 0.2) is 0 Å². The minimum atomic E-state index is -4.46. The molecule has 0 aliphatic heterocycles. The van der Waals surface area contributed by atoms with Gasteiger partial charge in [0.2, 0.25) is 54.6 Å². The summed E-state index contributed by atoms with van der Waals surface area (Å²) in [6.07, 6.45) is -1.84. The van der Waals surface area contributed by atoms with Crippen molar-refractivity contribution >= 4 is 72.5 Å². The number of esters is 3. The van der Waals surface area contributed by atoms with Crippen LogP contribution in [0.15, 0.2) is 72.8 Å². The Morgan fingerprint density at radius 1 is 0.276 bits per heavy atom. The van der Waals surface area contributed by atoms with Gasteiger partial charge in [-0.25, -0.2) is 0 Å². The monoisotopic (exact) mass is 1500 g/mol. The van der Waals surface area contributed by atoms with Crippen LogP contribution in [0.4, 0.5) is 0 Å². The van der Waals surface area contributed by atoms with E-state index >= 15 is 13.7 Å². The summed E-state index contributed by atoms with van der Waals surface area (Å²) >= 11 is 0. The third kappa shape index (κ3) is 21.6. The van der Waals surface area contributed by atoms with E-state index in [1.807, 2.05) is 48.5 Å². The van der Waals surface area contributed by atoms with E-state index in [-0.39, 0.29) is 112 Å². The molecule has 566 valence electrons. The predicted octanol–water partition coefficient (Wildman–Crippen LogP) is 18.1. The summed E-state index contributed by atoms with van der Waals surface area (Å²) < 4.78 is 80.8. The van der Waals surface area contributed by atoms with Gasteiger partial charge in [0, 0.05) is 96.4 Å². The third-order valence-corrected chi connectivity index (χ3v) is 27.1. The first-order valence-corrected chi connectivity index (χ1v) is 41.7. The van der Waals surface area contributed by atoms with Crippen LogP contribution in [-0.2, 0) is 56.5 Å². The quantitative estimate of drug-likeness (QED) is 0.0150. The normalized spacial score (nSPS) is 11.9. The minimum Gasteiger partial charge on any atom is -0.466 e. The van der Waals surface area contributed by atoms with Gasteiger partial charge in [-0.3, -0.25) is 43.2 Å². The molecule has 0 N–H and O–H groups in total. The first-order valence-electron chi connectivity index (χ1n) is 36.0. The van der Waals surface area contributed by atoms with Crippen LogP contribution in [0.5, 0.6) is 0 Å². The maximum Gasteiger partial charge on any atom is 0.306 e. The zero-order chi connectivity index (χ0) is 78.2. The second-order valence-corrected chi connectivity index (χ2v) is 37.1. The molecule has 0 aromatic heterocycles. The maximum atomic E-state index is 15.1. The Labute approximate surface area is 620 Å². The lowest BCUT2D eigenvalue weighted by Gasteiger charge is -2.32. The molecule has 0 heterocycles. The highest BCUT2D eigenvalue weighted by Gasteiger charge is 2.47. The van der Waals surface area contributed by atoms with Crippen molar-refractivity contribution in [2.45, 2.75) is 176 Å². The van der Waals surface area contributed by atoms with E-state index in [9.17, 15) is 43.2 Å². The molecule has 105 heavy (non-hydrogen) atoms. The zero-order valence-corrected chi connectivity index (χ0v) is 67.7. The number of aryl methyl sites for hydroxylation is 18. The lowest BCUT2D eigenvalue weighted by atomic mass is 9.88. The molecule has 0 radical (unpaired) electrons. The molecule has 0 amide bonds. The van der Waals surface area contributed by atoms with Gasteiger partial charge in [0.05, 0.1) is 58.9 Å². The number of hydrogen-bond acceptors (Lipinski definition) is 18. The lowest BCUT2D eigenvalue weighted by Crippen LogP contribution is -2.37. The van der Waals surface area contributed by atoms with Crippen molar-refractivity contribution < 1.29 is 85.3 Å². The standard InChI is InChI=1S/C84H107O18P3/c1-20-84(48-97-27-21-30-100-69(85)24-33-103(94,78(88)72-57(8)36-51(2)37-58(72)9)79(89)73-59(10)38-52(3)39-60(73)11,49-98-28-22-31-101-70(86)25-34-104(95,80(90)74-61(12)40-53(4)41-62(74)13)81(91)75-63(14)42-54(5)43-64(75)15)50-99-29-23-32-102-71(87)26-35-105(96,82(92)76-65(16)44-55(6)45-66(76)17)83(93)77-67(18)46-56(7)47-68(77)19/h36-47H,20-35,48-50H2,1-19H3. The van der Waals surface area contributed by atoms with Gasteiger partial charge in [-0.2, -0.15) is 0 Å². The van der Waals surface area contributed by atoms with Gasteiger partial charge in [-0.15, -0.1) is 0 Å². The van der Waals surface area contributed by atoms with Crippen LogP contribution in [0.1, 0.15) is 214 Å². The smallest absolute Gasteiger partial charge is 0.306 e. The van der Waals surface area contributed by atoms with Crippen LogP contribution in [0.25, 0.3) is 0 Å². The minimum absolute atomic E-state index is 0.0893. The van der Waals surface area contributed by atoms with Crippen molar-refractivity contribution in [2.75, 3.05) is 77.9 Å². The molecule has 21 heteroatoms. The molecule has 0 fully saturated rings. The van der Waals surface area contributed by atoms with Crippen LogP contribution in [-0.4, -0.2) is 129 Å². The van der Waals surface area contributed by atoms with Gasteiger partial charge in [-0.05, 0) is 198 Å². The van der Waals surface area contributed by atoms with Crippen molar-refractivity contribution in [3.8, 4) is 0 Å². The Hall–Kier alpha value is -7.68. The van der Waals surface area contributed by atoms with Crippen LogP contribution < -0.4 is 0 Å². The van der Waals surface area contributed by atoms with E-state index in [2.05, 4.69) is 0 Å². The summed E-state index contributed by atoms with van der Waals surface area (Å²) in [5.41, 5.74) is 7.80. The molecule has 0 aliphatic rings. The Morgan fingerprint density at radius 2 is 0.438 bits per heavy atom. The summed E-state index contributed by atoms with van der Waals surface area (Å²) in [5.74, 6) is -2.25. The SMILES string of the molecule is CCC(COCCCOC(=O)CCP(=O)(C(=O)c1c(C)cc(C)cc1C)C(=O)c1c(C)cc(C)cc1C)(COCCCOC(=O)CCP(=O)(C(=O)c1c(C)cc(C)cc1C)C(=O)c1c(C)cc(C)cc1C)COCCCOC(=O)CCP(=O)(C(=O)c1c(C)cc(C)cc1C)C(=O)c1c(C)cc(C)cc1C. The van der Waals surface area contributed by atoms with Gasteiger partial charge in [0.25, 0.3) is 0 Å². The van der Waals surface area contributed by atoms with E-state index in [1.54, 1.807) is 156 Å². The average molecular weight is 1500 g/mol. The third-order valence-electron chi connectivity index (χ3n) is 19.3. The Bertz CT molecular complexity index is 3690. The number of benzene rings is 6. The first-order chi connectivity index (χ1) is 49.2. The second-order valence-electron chi connectivity index (χ2n) is 28.8. The van der Waals surface area contributed by atoms with Crippen molar-refractivity contribution in [3.05, 3.63) is 206 Å². The topological polar surface area (TPSA) is 260 Å². The summed E-state index contributed by atoms with van der Waals surface area (Å²) in [5, 5.41) is 0. The summed E-state index contributed by atoms with van der Waals surface area (Å²) in [6.45, 7) is 34.2. The van der Waals surface area contributed by atoms with Gasteiger partial charge in [-0.1, -0.05) is 113 Å². The molecular weight excluding hydrogens is 1390 g/mol. The van der Waals surface area contributed by atoms with Gasteiger partial charge < -0.3 is 42.1 Å². The molecule has 0 saturated heterocycles. The average Bonchev–Trinajstić information content (AvgIpc) is 0.772. The van der Waals surface area contributed by atoms with Crippen molar-refractivity contribution in [1.82, 2.24) is 0 Å². The highest BCUT2D eigenvalue weighted by atomic mass is 31.2. The van der Waals surface area contributed by atoms with Crippen LogP contribution in [0, 0.1) is 130 Å². The van der Waals surface area contributed by atoms with E-state index in [0.717, 1.165) is 33.4 Å². The van der Waals surface area contributed by atoms with Crippen LogP contribution in [0.3, 0.4) is 0 Å². The number of ether oxygens (including phenoxy) is 6. The molecule has 0 spiro atoms. The zero-order valence-electron chi connectivity index (χ0n) is 65.1. The molecule has 0 unspecified atom stereocenters. The van der Waals surface area contributed by atoms with Crippen molar-refractivity contribution in [1.29, 1.82) is 0 Å². The summed E-state index contributed by atoms with van der Waals surface area (Å²) in [6, 6.07) is 21.5. The van der Waals surface area contributed by atoms with Crippen molar-refractivity contribution in [2.24, 2.45) is 5.41 Å². The Morgan fingerprint density at radius 3 is 0.590 bits per heavy atom. The summed E-state index contributed by atoms with van der Waals surface area (Å²) in [4.78, 5) is 127. The van der Waals surface area contributed by atoms with Crippen molar-refractivity contribution in [3.63, 3.8) is 0 Å². The molecule has 0 aliphatic carbocycles. The first kappa shape index (κ1) is 86.2. The Balaban J connectivity index is 1.10. The fraction of sp³-hybridized carbons (Fsp3) is 0.464. The van der Waals surface area contributed by atoms with E-state index in [4.69, 9.17) is 28.4 Å². The van der Waals surface area contributed by atoms with E-state index in [0.29, 0.717) is 73.2 Å². The highest BCUT2D eigenvalue weighted by Crippen LogP contribution is 2.57. The molecule has 0 atom stereocenters. The fourth-order valence-corrected chi connectivity index (χ4v) is 21.9. The molecule has 6 aromatic rings. The Kier molecular flexibility index (Phi) is 31.0. The number of rotatable bonds is 40. The van der Waals surface area contributed by atoms with Gasteiger partial charge >= 0.3 is 17.9 Å². The molecule has 18 nitrogen and oxygen atoms in total.